The molecule has 5 nitrogen and oxygen atoms in total. The maximum Gasteiger partial charge on any atom is 0.336 e. The lowest BCUT2D eigenvalue weighted by Gasteiger charge is -2.26. The van der Waals surface area contributed by atoms with Gasteiger partial charge in [-0.05, 0) is 41.7 Å². The van der Waals surface area contributed by atoms with Crippen LogP contribution in [0.5, 0.6) is 0 Å². The summed E-state index contributed by atoms with van der Waals surface area (Å²) in [5.74, 6) is 0. The van der Waals surface area contributed by atoms with Crippen LogP contribution in [0.2, 0.25) is 0 Å². The fourth-order valence-corrected chi connectivity index (χ4v) is 3.57. The Morgan fingerprint density at radius 1 is 1.27 bits per heavy atom. The Morgan fingerprint density at radius 2 is 2.15 bits per heavy atom. The largest absolute Gasteiger partial charge is 0.423 e. The van der Waals surface area contributed by atoms with Crippen LogP contribution in [0.4, 0.5) is 0 Å². The molecule has 0 radical (unpaired) electrons. The molecule has 0 bridgehead atoms. The van der Waals surface area contributed by atoms with Gasteiger partial charge in [0.05, 0.1) is 6.20 Å². The van der Waals surface area contributed by atoms with Crippen molar-refractivity contribution in [3.8, 4) is 0 Å². The fraction of sp³-hybridized carbons (Fsp3) is 0.333. The van der Waals surface area contributed by atoms with Crippen molar-refractivity contribution in [2.75, 3.05) is 13.1 Å². The Balaban J connectivity index is 1.58. The number of hydrogen-bond donors (Lipinski definition) is 0. The minimum Gasteiger partial charge on any atom is -0.423 e. The maximum atomic E-state index is 11.9. The summed E-state index contributed by atoms with van der Waals surface area (Å²) in [5.41, 5.74) is 5.24. The Kier molecular flexibility index (Phi) is 4.47. The first kappa shape index (κ1) is 16.8. The molecule has 5 heteroatoms. The summed E-state index contributed by atoms with van der Waals surface area (Å²) in [6.07, 6.45) is 8.21. The second-order valence-corrected chi connectivity index (χ2v) is 6.89. The van der Waals surface area contributed by atoms with Gasteiger partial charge >= 0.3 is 5.63 Å². The van der Waals surface area contributed by atoms with E-state index in [1.807, 2.05) is 30.1 Å². The molecule has 0 unspecified atom stereocenters. The second-order valence-electron chi connectivity index (χ2n) is 6.89. The van der Waals surface area contributed by atoms with Crippen molar-refractivity contribution in [1.29, 1.82) is 0 Å². The van der Waals surface area contributed by atoms with Crippen LogP contribution in [0.25, 0.3) is 16.5 Å². The Morgan fingerprint density at radius 3 is 2.85 bits per heavy atom. The van der Waals surface area contributed by atoms with E-state index in [4.69, 9.17) is 4.42 Å². The summed E-state index contributed by atoms with van der Waals surface area (Å²) >= 11 is 0. The molecule has 3 aromatic rings. The lowest BCUT2D eigenvalue weighted by Crippen LogP contribution is -2.28. The summed E-state index contributed by atoms with van der Waals surface area (Å²) in [5, 5.41) is 5.30. The molecule has 3 heterocycles. The molecule has 26 heavy (non-hydrogen) atoms. The molecule has 0 fully saturated rings. The third kappa shape index (κ3) is 3.35. The minimum atomic E-state index is -0.277. The van der Waals surface area contributed by atoms with Crippen molar-refractivity contribution in [3.05, 3.63) is 69.8 Å². The van der Waals surface area contributed by atoms with E-state index in [9.17, 15) is 4.79 Å². The van der Waals surface area contributed by atoms with Crippen LogP contribution in [0, 0.1) is 0 Å². The van der Waals surface area contributed by atoms with E-state index < -0.39 is 0 Å². The number of rotatable bonds is 4. The van der Waals surface area contributed by atoms with Gasteiger partial charge in [-0.1, -0.05) is 19.1 Å². The number of aryl methyl sites for hydroxylation is 2. The molecule has 0 atom stereocenters. The first-order valence-electron chi connectivity index (χ1n) is 9.08. The summed E-state index contributed by atoms with van der Waals surface area (Å²) in [7, 11) is 1.94. The van der Waals surface area contributed by atoms with Gasteiger partial charge in [-0.3, -0.25) is 9.58 Å². The van der Waals surface area contributed by atoms with Crippen molar-refractivity contribution < 1.29 is 4.42 Å². The Labute approximate surface area is 152 Å². The number of fused-ring (bicyclic) bond motifs is 1. The minimum absolute atomic E-state index is 0.277. The molecule has 0 saturated heterocycles. The van der Waals surface area contributed by atoms with Gasteiger partial charge in [0.1, 0.15) is 5.58 Å². The van der Waals surface area contributed by atoms with Crippen LogP contribution in [0.1, 0.15) is 30.0 Å². The second kappa shape index (κ2) is 6.92. The fourth-order valence-electron chi connectivity index (χ4n) is 3.57. The third-order valence-corrected chi connectivity index (χ3v) is 5.06. The van der Waals surface area contributed by atoms with Gasteiger partial charge in [0.2, 0.25) is 0 Å². The zero-order valence-corrected chi connectivity index (χ0v) is 15.2. The van der Waals surface area contributed by atoms with Gasteiger partial charge < -0.3 is 4.42 Å². The van der Waals surface area contributed by atoms with Crippen molar-refractivity contribution in [1.82, 2.24) is 14.7 Å². The summed E-state index contributed by atoms with van der Waals surface area (Å²) in [6, 6.07) is 7.73. The van der Waals surface area contributed by atoms with Gasteiger partial charge in [-0.15, -0.1) is 0 Å². The molecule has 0 aliphatic carbocycles. The number of hydrogen-bond acceptors (Lipinski definition) is 4. The molecule has 1 aromatic carbocycles. The monoisotopic (exact) mass is 349 g/mol. The van der Waals surface area contributed by atoms with E-state index in [0.29, 0.717) is 5.58 Å². The quantitative estimate of drug-likeness (QED) is 0.678. The molecule has 0 amide bonds. The number of aromatic nitrogens is 2. The summed E-state index contributed by atoms with van der Waals surface area (Å²) < 4.78 is 7.21. The van der Waals surface area contributed by atoms with E-state index in [1.165, 1.54) is 16.7 Å². The smallest absolute Gasteiger partial charge is 0.336 e. The molecule has 0 saturated carbocycles. The van der Waals surface area contributed by atoms with Gasteiger partial charge in [-0.2, -0.15) is 5.10 Å². The SMILES string of the molecule is CCc1ccc2oc(=O)cc(CN3CC=C(c4cnn(C)c4)CC3)c2c1. The third-order valence-electron chi connectivity index (χ3n) is 5.06. The van der Waals surface area contributed by atoms with Crippen LogP contribution in [0.15, 0.2) is 51.9 Å². The highest BCUT2D eigenvalue weighted by molar-refractivity contribution is 5.81. The molecular formula is C21H23N3O2. The number of nitrogens with zero attached hydrogens (tertiary/aromatic N) is 3. The van der Waals surface area contributed by atoms with Crippen molar-refractivity contribution in [2.45, 2.75) is 26.3 Å². The van der Waals surface area contributed by atoms with E-state index in [2.05, 4.69) is 35.3 Å². The summed E-state index contributed by atoms with van der Waals surface area (Å²) in [6.45, 7) is 4.73. The molecule has 0 N–H and O–H groups in total. The average molecular weight is 349 g/mol. The van der Waals surface area contributed by atoms with E-state index in [-0.39, 0.29) is 5.63 Å². The molecule has 1 aliphatic rings. The highest BCUT2D eigenvalue weighted by atomic mass is 16.4. The van der Waals surface area contributed by atoms with Crippen LogP contribution >= 0.6 is 0 Å². The molecular weight excluding hydrogens is 326 g/mol. The van der Waals surface area contributed by atoms with Crippen molar-refractivity contribution in [3.63, 3.8) is 0 Å². The van der Waals surface area contributed by atoms with Crippen LogP contribution < -0.4 is 5.63 Å². The molecule has 1 aliphatic heterocycles. The first-order chi connectivity index (χ1) is 12.6. The Bertz CT molecular complexity index is 1030. The maximum absolute atomic E-state index is 11.9. The summed E-state index contributed by atoms with van der Waals surface area (Å²) in [4.78, 5) is 14.3. The van der Waals surface area contributed by atoms with Crippen LogP contribution in [-0.4, -0.2) is 27.8 Å². The van der Waals surface area contributed by atoms with Crippen LogP contribution in [0.3, 0.4) is 0 Å². The highest BCUT2D eigenvalue weighted by Gasteiger charge is 2.16. The standard InChI is InChI=1S/C21H23N3O2/c1-3-15-4-5-20-19(10-15)17(11-21(25)26-20)14-24-8-6-16(7-9-24)18-12-22-23(2)13-18/h4-6,10-13H,3,7-9,14H2,1-2H3. The van der Waals surface area contributed by atoms with Crippen LogP contribution in [-0.2, 0) is 20.0 Å². The molecule has 0 spiro atoms. The predicted molar refractivity (Wildman–Crippen MR) is 103 cm³/mol. The average Bonchev–Trinajstić information content (AvgIpc) is 3.08. The zero-order valence-electron chi connectivity index (χ0n) is 15.2. The highest BCUT2D eigenvalue weighted by Crippen LogP contribution is 2.25. The van der Waals surface area contributed by atoms with Gasteiger partial charge in [-0.25, -0.2) is 4.79 Å². The normalized spacial score (nSPS) is 15.4. The van der Waals surface area contributed by atoms with Gasteiger partial charge in [0.15, 0.2) is 0 Å². The first-order valence-corrected chi connectivity index (χ1v) is 9.08. The molecule has 134 valence electrons. The van der Waals surface area contributed by atoms with E-state index >= 15 is 0 Å². The molecule has 2 aromatic heterocycles. The molecule has 4 rings (SSSR count). The lowest BCUT2D eigenvalue weighted by atomic mass is 10.0. The predicted octanol–water partition coefficient (Wildman–Crippen LogP) is 3.38. The van der Waals surface area contributed by atoms with Gasteiger partial charge in [0.25, 0.3) is 0 Å². The van der Waals surface area contributed by atoms with Crippen molar-refractivity contribution in [2.24, 2.45) is 7.05 Å². The van der Waals surface area contributed by atoms with E-state index in [1.54, 1.807) is 6.07 Å². The van der Waals surface area contributed by atoms with Gasteiger partial charge in [0, 0.05) is 49.9 Å². The number of benzene rings is 1. The van der Waals surface area contributed by atoms with E-state index in [0.717, 1.165) is 43.4 Å². The lowest BCUT2D eigenvalue weighted by molar-refractivity contribution is 0.294. The topological polar surface area (TPSA) is 51.3 Å². The Hall–Kier alpha value is -2.66. The van der Waals surface area contributed by atoms with Crippen molar-refractivity contribution >= 4 is 16.5 Å². The zero-order chi connectivity index (χ0) is 18.1.